The summed E-state index contributed by atoms with van der Waals surface area (Å²) in [5.74, 6) is 0.268. The number of rotatable bonds is 1. The Bertz CT molecular complexity index is 714. The highest BCUT2D eigenvalue weighted by Gasteiger charge is 2.09. The fourth-order valence-electron chi connectivity index (χ4n) is 2.14. The first-order valence-electron chi connectivity index (χ1n) is 5.65. The normalized spacial score (nSPS) is 10.9. The number of anilines is 1. The zero-order valence-corrected chi connectivity index (χ0v) is 9.96. The molecule has 0 spiro atoms. The van der Waals surface area contributed by atoms with Gasteiger partial charge in [-0.2, -0.15) is 0 Å². The van der Waals surface area contributed by atoms with E-state index in [1.807, 2.05) is 35.9 Å². The van der Waals surface area contributed by atoms with Crippen LogP contribution < -0.4 is 5.73 Å². The Kier molecular flexibility index (Phi) is 2.23. The lowest BCUT2D eigenvalue weighted by Crippen LogP contribution is -1.94. The average molecular weight is 239 g/mol. The molecule has 0 bridgehead atoms. The molecule has 2 aromatic heterocycles. The van der Waals surface area contributed by atoms with Crippen LogP contribution in [0.4, 0.5) is 5.69 Å². The van der Waals surface area contributed by atoms with Crippen LogP contribution in [-0.2, 0) is 7.05 Å². The second-order valence-electron chi connectivity index (χ2n) is 4.31. The Hall–Kier alpha value is -2.49. The fourth-order valence-corrected chi connectivity index (χ4v) is 2.14. The van der Waals surface area contributed by atoms with Gasteiger partial charge in [-0.3, -0.25) is 4.98 Å². The van der Waals surface area contributed by atoms with Gasteiger partial charge in [-0.1, -0.05) is 0 Å². The Morgan fingerprint density at radius 3 is 2.72 bits per heavy atom. The van der Waals surface area contributed by atoms with Crippen molar-refractivity contribution in [3.8, 4) is 17.1 Å². The van der Waals surface area contributed by atoms with Crippen molar-refractivity contribution in [1.82, 2.24) is 9.55 Å². The number of aryl methyl sites for hydroxylation is 1. The monoisotopic (exact) mass is 239 g/mol. The summed E-state index contributed by atoms with van der Waals surface area (Å²) in [6.45, 7) is 0. The summed E-state index contributed by atoms with van der Waals surface area (Å²) in [5, 5.41) is 10.5. The maximum atomic E-state index is 9.50. The third-order valence-electron chi connectivity index (χ3n) is 3.07. The molecule has 0 saturated heterocycles. The van der Waals surface area contributed by atoms with Gasteiger partial charge in [0, 0.05) is 18.0 Å². The number of hydrogen-bond donors (Lipinski definition) is 2. The van der Waals surface area contributed by atoms with Crippen LogP contribution in [0.15, 0.2) is 42.6 Å². The fraction of sp³-hybridized carbons (Fsp3) is 0.0714. The largest absolute Gasteiger partial charge is 0.508 e. The molecular formula is C14H13N3O. The molecule has 4 heteroatoms. The van der Waals surface area contributed by atoms with E-state index in [1.54, 1.807) is 18.3 Å². The van der Waals surface area contributed by atoms with E-state index in [0.29, 0.717) is 5.69 Å². The molecule has 0 aliphatic rings. The second kappa shape index (κ2) is 3.77. The second-order valence-corrected chi connectivity index (χ2v) is 4.31. The van der Waals surface area contributed by atoms with Crippen molar-refractivity contribution >= 4 is 16.6 Å². The minimum atomic E-state index is 0.268. The number of aromatic nitrogens is 2. The molecule has 90 valence electrons. The van der Waals surface area contributed by atoms with E-state index in [0.717, 1.165) is 22.3 Å². The minimum Gasteiger partial charge on any atom is -0.508 e. The molecule has 4 nitrogen and oxygen atoms in total. The number of nitrogens with zero attached hydrogens (tertiary/aromatic N) is 2. The van der Waals surface area contributed by atoms with Crippen molar-refractivity contribution in [1.29, 1.82) is 0 Å². The Morgan fingerprint density at radius 2 is 2.00 bits per heavy atom. The van der Waals surface area contributed by atoms with E-state index in [1.165, 1.54) is 0 Å². The molecule has 0 unspecified atom stereocenters. The lowest BCUT2D eigenvalue weighted by Gasteiger charge is -2.03. The summed E-state index contributed by atoms with van der Waals surface area (Å²) in [4.78, 5) is 4.32. The minimum absolute atomic E-state index is 0.268. The topological polar surface area (TPSA) is 64.1 Å². The molecule has 0 aliphatic heterocycles. The van der Waals surface area contributed by atoms with Crippen molar-refractivity contribution < 1.29 is 5.11 Å². The van der Waals surface area contributed by atoms with E-state index < -0.39 is 0 Å². The Morgan fingerprint density at radius 1 is 1.17 bits per heavy atom. The molecule has 0 fully saturated rings. The summed E-state index contributed by atoms with van der Waals surface area (Å²) < 4.78 is 2.05. The first-order chi connectivity index (χ1) is 8.65. The zero-order chi connectivity index (χ0) is 12.7. The van der Waals surface area contributed by atoms with Gasteiger partial charge in [-0.25, -0.2) is 0 Å². The SMILES string of the molecule is Cn1c(-c2ccc(N)cn2)cc2cc(O)ccc21. The first kappa shape index (κ1) is 10.7. The molecule has 1 aromatic carbocycles. The smallest absolute Gasteiger partial charge is 0.116 e. The highest BCUT2D eigenvalue weighted by atomic mass is 16.3. The van der Waals surface area contributed by atoms with Crippen molar-refractivity contribution in [3.63, 3.8) is 0 Å². The lowest BCUT2D eigenvalue weighted by atomic mass is 10.2. The molecule has 0 radical (unpaired) electrons. The predicted octanol–water partition coefficient (Wildman–Crippen LogP) is 2.53. The maximum absolute atomic E-state index is 9.50. The number of phenolic OH excluding ortho intramolecular Hbond substituents is 1. The third kappa shape index (κ3) is 1.59. The van der Waals surface area contributed by atoms with E-state index >= 15 is 0 Å². The summed E-state index contributed by atoms with van der Waals surface area (Å²) in [6.07, 6.45) is 1.64. The van der Waals surface area contributed by atoms with Gasteiger partial charge in [0.15, 0.2) is 0 Å². The van der Waals surface area contributed by atoms with Gasteiger partial charge in [-0.15, -0.1) is 0 Å². The maximum Gasteiger partial charge on any atom is 0.116 e. The lowest BCUT2D eigenvalue weighted by molar-refractivity contribution is 0.476. The molecule has 3 aromatic rings. The van der Waals surface area contributed by atoms with Gasteiger partial charge in [0.25, 0.3) is 0 Å². The summed E-state index contributed by atoms with van der Waals surface area (Å²) in [6, 6.07) is 11.1. The van der Waals surface area contributed by atoms with Crippen LogP contribution in [0.25, 0.3) is 22.3 Å². The van der Waals surface area contributed by atoms with Crippen molar-refractivity contribution in [2.24, 2.45) is 7.05 Å². The van der Waals surface area contributed by atoms with Crippen LogP contribution in [0.1, 0.15) is 0 Å². The summed E-state index contributed by atoms with van der Waals surface area (Å²) in [5.41, 5.74) is 9.20. The third-order valence-corrected chi connectivity index (χ3v) is 3.07. The molecule has 3 N–H and O–H groups in total. The van der Waals surface area contributed by atoms with Crippen LogP contribution >= 0.6 is 0 Å². The van der Waals surface area contributed by atoms with Gasteiger partial charge >= 0.3 is 0 Å². The summed E-state index contributed by atoms with van der Waals surface area (Å²) >= 11 is 0. The van der Waals surface area contributed by atoms with E-state index in [9.17, 15) is 5.11 Å². The van der Waals surface area contributed by atoms with Crippen molar-refractivity contribution in [2.75, 3.05) is 5.73 Å². The van der Waals surface area contributed by atoms with Gasteiger partial charge in [0.1, 0.15) is 5.75 Å². The number of benzene rings is 1. The quantitative estimate of drug-likeness (QED) is 0.685. The van der Waals surface area contributed by atoms with Crippen molar-refractivity contribution in [3.05, 3.63) is 42.6 Å². The van der Waals surface area contributed by atoms with Crippen LogP contribution in [0, 0.1) is 0 Å². The molecule has 18 heavy (non-hydrogen) atoms. The highest BCUT2D eigenvalue weighted by Crippen LogP contribution is 2.28. The van der Waals surface area contributed by atoms with Crippen LogP contribution in [0.3, 0.4) is 0 Å². The van der Waals surface area contributed by atoms with Gasteiger partial charge in [0.2, 0.25) is 0 Å². The molecule has 3 rings (SSSR count). The van der Waals surface area contributed by atoms with E-state index in [2.05, 4.69) is 4.98 Å². The van der Waals surface area contributed by atoms with Crippen molar-refractivity contribution in [2.45, 2.75) is 0 Å². The number of nitrogens with two attached hydrogens (primary N) is 1. The molecular weight excluding hydrogens is 226 g/mol. The zero-order valence-electron chi connectivity index (χ0n) is 9.96. The number of pyridine rings is 1. The number of aromatic hydroxyl groups is 1. The van der Waals surface area contributed by atoms with Gasteiger partial charge in [-0.05, 0) is 36.4 Å². The number of phenols is 1. The van der Waals surface area contributed by atoms with Crippen LogP contribution in [0.5, 0.6) is 5.75 Å². The van der Waals surface area contributed by atoms with Gasteiger partial charge in [0.05, 0.1) is 23.3 Å². The van der Waals surface area contributed by atoms with Crippen LogP contribution in [0.2, 0.25) is 0 Å². The molecule has 0 atom stereocenters. The average Bonchev–Trinajstić information content (AvgIpc) is 2.67. The summed E-state index contributed by atoms with van der Waals surface area (Å²) in [7, 11) is 1.98. The molecule has 0 amide bonds. The first-order valence-corrected chi connectivity index (χ1v) is 5.65. The Balaban J connectivity index is 2.23. The predicted molar refractivity (Wildman–Crippen MR) is 72.2 cm³/mol. The van der Waals surface area contributed by atoms with E-state index in [4.69, 9.17) is 5.73 Å². The highest BCUT2D eigenvalue weighted by molar-refractivity contribution is 5.87. The standard InChI is InChI=1S/C14H13N3O/c1-17-13-5-3-11(18)6-9(13)7-14(17)12-4-2-10(15)8-16-12/h2-8,18H,15H2,1H3. The van der Waals surface area contributed by atoms with Crippen LogP contribution in [-0.4, -0.2) is 14.7 Å². The number of hydrogen-bond acceptors (Lipinski definition) is 3. The van der Waals surface area contributed by atoms with E-state index in [-0.39, 0.29) is 5.75 Å². The number of nitrogen functional groups attached to an aromatic ring is 1. The Labute approximate surface area is 104 Å². The number of fused-ring (bicyclic) bond motifs is 1. The molecule has 0 aliphatic carbocycles. The molecule has 0 saturated carbocycles. The van der Waals surface area contributed by atoms with Gasteiger partial charge < -0.3 is 15.4 Å². The molecule has 2 heterocycles.